The van der Waals surface area contributed by atoms with Crippen LogP contribution in [0.25, 0.3) is 0 Å². The summed E-state index contributed by atoms with van der Waals surface area (Å²) < 4.78 is 11.3. The Morgan fingerprint density at radius 3 is 1.79 bits per heavy atom. The van der Waals surface area contributed by atoms with Gasteiger partial charge in [-0.25, -0.2) is 0 Å². The molecule has 0 radical (unpaired) electrons. The molecule has 0 spiro atoms. The van der Waals surface area contributed by atoms with E-state index in [9.17, 15) is 0 Å². The van der Waals surface area contributed by atoms with E-state index in [1.807, 2.05) is 0 Å². The third-order valence-electron chi connectivity index (χ3n) is 3.72. The molecule has 0 unspecified atom stereocenters. The topological polar surface area (TPSA) is 44.5 Å². The van der Waals surface area contributed by atoms with E-state index in [-0.39, 0.29) is 5.04 Å². The van der Waals surface area contributed by atoms with Crippen LogP contribution in [0.2, 0.25) is 11.6 Å². The minimum Gasteiger partial charge on any atom is -0.397 e. The monoisotopic (exact) mass is 219 g/mol. The summed E-state index contributed by atoms with van der Waals surface area (Å²) in [6.45, 7) is 7.23. The van der Waals surface area contributed by atoms with Crippen LogP contribution < -0.4 is 5.73 Å². The van der Waals surface area contributed by atoms with Gasteiger partial charge in [-0.15, -0.1) is 0 Å². The zero-order valence-electron chi connectivity index (χ0n) is 10.2. The maximum Gasteiger partial charge on any atom is 0.340 e. The fraction of sp³-hybridized carbons (Fsp3) is 1.00. The summed E-state index contributed by atoms with van der Waals surface area (Å²) >= 11 is 0. The summed E-state index contributed by atoms with van der Waals surface area (Å²) in [6, 6.07) is 0. The Bertz CT molecular complexity index is 156. The van der Waals surface area contributed by atoms with E-state index >= 15 is 0 Å². The summed E-state index contributed by atoms with van der Waals surface area (Å²) in [5.74, 6) is 0. The Hall–Kier alpha value is 0.0969. The van der Waals surface area contributed by atoms with Crippen molar-refractivity contribution >= 4 is 8.56 Å². The Morgan fingerprint density at radius 2 is 1.57 bits per heavy atom. The van der Waals surface area contributed by atoms with Gasteiger partial charge in [0, 0.05) is 19.3 Å². The van der Waals surface area contributed by atoms with Gasteiger partial charge in [0.25, 0.3) is 0 Å². The molecule has 0 aliphatic heterocycles. The second-order valence-electron chi connectivity index (χ2n) is 3.88. The van der Waals surface area contributed by atoms with E-state index in [2.05, 4.69) is 20.4 Å². The zero-order valence-corrected chi connectivity index (χ0v) is 11.2. The van der Waals surface area contributed by atoms with Crippen LogP contribution in [0.1, 0.15) is 33.1 Å². The Morgan fingerprint density at radius 1 is 1.14 bits per heavy atom. The van der Waals surface area contributed by atoms with Crippen LogP contribution in [0.15, 0.2) is 0 Å². The zero-order chi connectivity index (χ0) is 11.2. The lowest BCUT2D eigenvalue weighted by molar-refractivity contribution is 0.197. The van der Waals surface area contributed by atoms with Gasteiger partial charge in [-0.3, -0.25) is 0 Å². The first-order valence-electron chi connectivity index (χ1n) is 5.36. The second kappa shape index (κ2) is 5.85. The number of rotatable bonds is 7. The molecule has 0 aliphatic rings. The maximum absolute atomic E-state index is 5.68. The lowest BCUT2D eigenvalue weighted by Crippen LogP contribution is -2.50. The molecule has 14 heavy (non-hydrogen) atoms. The summed E-state index contributed by atoms with van der Waals surface area (Å²) in [5.41, 5.74) is 5.68. The van der Waals surface area contributed by atoms with Gasteiger partial charge >= 0.3 is 8.56 Å². The summed E-state index contributed by atoms with van der Waals surface area (Å²) in [5, 5.41) is 0.158. The molecule has 0 aliphatic carbocycles. The van der Waals surface area contributed by atoms with Crippen molar-refractivity contribution in [2.45, 2.75) is 44.7 Å². The third kappa shape index (κ3) is 2.37. The van der Waals surface area contributed by atoms with Gasteiger partial charge in [0.1, 0.15) is 0 Å². The van der Waals surface area contributed by atoms with Crippen molar-refractivity contribution in [2.24, 2.45) is 5.73 Å². The highest BCUT2D eigenvalue weighted by molar-refractivity contribution is 6.69. The van der Waals surface area contributed by atoms with Crippen molar-refractivity contribution in [1.29, 1.82) is 0 Å². The molecule has 86 valence electrons. The first-order chi connectivity index (χ1) is 6.55. The fourth-order valence-corrected chi connectivity index (χ4v) is 5.18. The molecule has 0 saturated heterocycles. The van der Waals surface area contributed by atoms with Crippen molar-refractivity contribution in [2.75, 3.05) is 20.8 Å². The first-order valence-corrected chi connectivity index (χ1v) is 7.67. The van der Waals surface area contributed by atoms with E-state index in [1.165, 1.54) is 0 Å². The second-order valence-corrected chi connectivity index (χ2v) is 7.65. The van der Waals surface area contributed by atoms with Crippen molar-refractivity contribution in [3.05, 3.63) is 0 Å². The molecule has 0 aromatic rings. The van der Waals surface area contributed by atoms with Gasteiger partial charge in [-0.05, 0) is 32.4 Å². The number of nitrogens with two attached hydrogens (primary N) is 1. The van der Waals surface area contributed by atoms with Crippen LogP contribution in [-0.4, -0.2) is 29.3 Å². The molecule has 0 amide bonds. The summed E-state index contributed by atoms with van der Waals surface area (Å²) in [7, 11) is 1.43. The van der Waals surface area contributed by atoms with Crippen molar-refractivity contribution < 1.29 is 8.85 Å². The Labute approximate surface area is 89.2 Å². The van der Waals surface area contributed by atoms with Gasteiger partial charge in [0.2, 0.25) is 0 Å². The van der Waals surface area contributed by atoms with E-state index in [0.29, 0.717) is 6.54 Å². The molecular weight excluding hydrogens is 194 g/mol. The highest BCUT2D eigenvalue weighted by Crippen LogP contribution is 2.48. The minimum atomic E-state index is -2.08. The van der Waals surface area contributed by atoms with Crippen LogP contribution in [0.5, 0.6) is 0 Å². The number of hydrogen-bond acceptors (Lipinski definition) is 3. The SMILES string of the molecule is CCC(CC)(CCN)[Si](C)(OC)OC. The lowest BCUT2D eigenvalue weighted by atomic mass is 9.98. The number of hydrogen-bond donors (Lipinski definition) is 1. The van der Waals surface area contributed by atoms with E-state index in [0.717, 1.165) is 19.3 Å². The van der Waals surface area contributed by atoms with Crippen molar-refractivity contribution in [3.8, 4) is 0 Å². The average molecular weight is 219 g/mol. The van der Waals surface area contributed by atoms with Gasteiger partial charge in [-0.1, -0.05) is 13.8 Å². The quantitative estimate of drug-likeness (QED) is 0.668. The summed E-state index contributed by atoms with van der Waals surface area (Å²) in [6.07, 6.45) is 3.14. The molecule has 0 aromatic carbocycles. The van der Waals surface area contributed by atoms with Crippen LogP contribution in [-0.2, 0) is 8.85 Å². The fourth-order valence-electron chi connectivity index (χ4n) is 2.27. The lowest BCUT2D eigenvalue weighted by Gasteiger charge is -2.43. The Kier molecular flexibility index (Phi) is 5.89. The van der Waals surface area contributed by atoms with E-state index in [4.69, 9.17) is 14.6 Å². The van der Waals surface area contributed by atoms with Crippen LogP contribution in [0.3, 0.4) is 0 Å². The van der Waals surface area contributed by atoms with Crippen LogP contribution >= 0.6 is 0 Å². The predicted octanol–water partition coefficient (Wildman–Crippen LogP) is 2.26. The molecule has 0 saturated carbocycles. The van der Waals surface area contributed by atoms with E-state index < -0.39 is 8.56 Å². The molecule has 0 atom stereocenters. The molecule has 0 bridgehead atoms. The van der Waals surface area contributed by atoms with E-state index in [1.54, 1.807) is 14.2 Å². The van der Waals surface area contributed by atoms with Gasteiger partial charge in [0.15, 0.2) is 0 Å². The highest BCUT2D eigenvalue weighted by atomic mass is 28.4. The van der Waals surface area contributed by atoms with Crippen molar-refractivity contribution in [1.82, 2.24) is 0 Å². The molecule has 2 N–H and O–H groups in total. The predicted molar refractivity (Wildman–Crippen MR) is 62.6 cm³/mol. The maximum atomic E-state index is 5.68. The van der Waals surface area contributed by atoms with Gasteiger partial charge in [0.05, 0.1) is 0 Å². The molecule has 4 heteroatoms. The molecular formula is C10H25NO2Si. The minimum absolute atomic E-state index is 0.158. The third-order valence-corrected chi connectivity index (χ3v) is 8.16. The van der Waals surface area contributed by atoms with Gasteiger partial charge < -0.3 is 14.6 Å². The average Bonchev–Trinajstić information content (AvgIpc) is 2.24. The smallest absolute Gasteiger partial charge is 0.340 e. The molecule has 0 rings (SSSR count). The largest absolute Gasteiger partial charge is 0.397 e. The van der Waals surface area contributed by atoms with Crippen molar-refractivity contribution in [3.63, 3.8) is 0 Å². The first kappa shape index (κ1) is 14.1. The molecule has 3 nitrogen and oxygen atoms in total. The molecule has 0 heterocycles. The van der Waals surface area contributed by atoms with Crippen LogP contribution in [0, 0.1) is 0 Å². The molecule has 0 aromatic heterocycles. The van der Waals surface area contributed by atoms with Gasteiger partial charge in [-0.2, -0.15) is 0 Å². The molecule has 0 fully saturated rings. The Balaban J connectivity index is 4.92. The normalized spacial score (nSPS) is 13.3. The summed E-state index contributed by atoms with van der Waals surface area (Å²) in [4.78, 5) is 0. The standard InChI is InChI=1S/C10H25NO2Si/c1-6-10(7-2,8-9-11)14(5,12-3)13-4/h6-9,11H2,1-5H3. The van der Waals surface area contributed by atoms with Crippen LogP contribution in [0.4, 0.5) is 0 Å². The highest BCUT2D eigenvalue weighted by Gasteiger charge is 2.50.